The van der Waals surface area contributed by atoms with Crippen LogP contribution < -0.4 is 0 Å². The first-order valence-corrected chi connectivity index (χ1v) is 6.99. The van der Waals surface area contributed by atoms with Gasteiger partial charge in [0.25, 0.3) is 10.0 Å². The summed E-state index contributed by atoms with van der Waals surface area (Å²) in [6.45, 7) is 8.33. The van der Waals surface area contributed by atoms with Crippen LogP contribution in [0.2, 0.25) is 0 Å². The van der Waals surface area contributed by atoms with Gasteiger partial charge in [0, 0.05) is 0 Å². The molecule has 6 heteroatoms. The maximum Gasteiger partial charge on any atom is 0.253 e. The molecule has 1 rings (SSSR count). The van der Waals surface area contributed by atoms with Gasteiger partial charge in [0.05, 0.1) is 17.3 Å². The molecule has 0 aromatic rings. The average Bonchev–Trinajstić information content (AvgIpc) is 2.06. The highest BCUT2D eigenvalue weighted by Gasteiger charge is 2.45. The first-order valence-electron chi connectivity index (χ1n) is 5.14. The zero-order valence-corrected chi connectivity index (χ0v) is 11.6. The summed E-state index contributed by atoms with van der Waals surface area (Å²) in [5.74, 6) is 0.261. The summed E-state index contributed by atoms with van der Waals surface area (Å²) < 4.78 is 31.5. The molecule has 0 saturated carbocycles. The SMILES string of the molecule is CN1C(C)(C)COC(=NS(C)(=O)=O)C1(C)C. The van der Waals surface area contributed by atoms with Crippen LogP contribution in [0.4, 0.5) is 0 Å². The third kappa shape index (κ3) is 2.55. The van der Waals surface area contributed by atoms with Gasteiger partial charge >= 0.3 is 0 Å². The van der Waals surface area contributed by atoms with Crippen LogP contribution >= 0.6 is 0 Å². The van der Waals surface area contributed by atoms with Crippen molar-refractivity contribution in [2.75, 3.05) is 19.9 Å². The van der Waals surface area contributed by atoms with Gasteiger partial charge in [0.2, 0.25) is 5.90 Å². The molecule has 0 bridgehead atoms. The molecule has 1 fully saturated rings. The number of sulfonamides is 1. The van der Waals surface area contributed by atoms with E-state index in [1.165, 1.54) is 0 Å². The number of morpholine rings is 1. The number of hydrogen-bond acceptors (Lipinski definition) is 4. The molecule has 0 N–H and O–H groups in total. The Morgan fingerprint density at radius 2 is 1.81 bits per heavy atom. The second-order valence-electron chi connectivity index (χ2n) is 5.35. The lowest BCUT2D eigenvalue weighted by molar-refractivity contribution is -0.0119. The van der Waals surface area contributed by atoms with Gasteiger partial charge in [0.15, 0.2) is 0 Å². The van der Waals surface area contributed by atoms with E-state index in [1.54, 1.807) is 0 Å². The fourth-order valence-corrected chi connectivity index (χ4v) is 2.28. The minimum Gasteiger partial charge on any atom is -0.477 e. The molecule has 0 amide bonds. The summed E-state index contributed by atoms with van der Waals surface area (Å²) in [5, 5.41) is 0. The van der Waals surface area contributed by atoms with Crippen molar-refractivity contribution in [3.05, 3.63) is 0 Å². The second-order valence-corrected chi connectivity index (χ2v) is 7.00. The molecule has 1 aliphatic rings. The number of ether oxygens (including phenoxy) is 1. The molecule has 0 aromatic carbocycles. The van der Waals surface area contributed by atoms with Crippen molar-refractivity contribution >= 4 is 15.9 Å². The molecule has 0 radical (unpaired) electrons. The fraction of sp³-hybridized carbons (Fsp3) is 0.900. The van der Waals surface area contributed by atoms with Crippen LogP contribution in [0, 0.1) is 0 Å². The highest BCUT2D eigenvalue weighted by atomic mass is 32.2. The van der Waals surface area contributed by atoms with Crippen LogP contribution in [0.1, 0.15) is 27.7 Å². The number of likely N-dealkylation sites (N-methyl/N-ethyl adjacent to an activating group) is 1. The summed E-state index contributed by atoms with van der Waals surface area (Å²) in [6, 6.07) is 0. The van der Waals surface area contributed by atoms with E-state index in [-0.39, 0.29) is 11.4 Å². The summed E-state index contributed by atoms with van der Waals surface area (Å²) in [7, 11) is -1.47. The third-order valence-corrected chi connectivity index (χ3v) is 3.58. The van der Waals surface area contributed by atoms with Crippen LogP contribution in [0.15, 0.2) is 4.40 Å². The maximum atomic E-state index is 11.2. The van der Waals surface area contributed by atoms with E-state index >= 15 is 0 Å². The third-order valence-electron chi connectivity index (χ3n) is 3.08. The molecule has 0 unspecified atom stereocenters. The first-order chi connectivity index (χ1) is 6.97. The smallest absolute Gasteiger partial charge is 0.253 e. The number of hydrogen-bond donors (Lipinski definition) is 0. The topological polar surface area (TPSA) is 59.0 Å². The summed E-state index contributed by atoms with van der Waals surface area (Å²) in [5.41, 5.74) is -0.662. The van der Waals surface area contributed by atoms with Crippen molar-refractivity contribution < 1.29 is 13.2 Å². The Morgan fingerprint density at radius 1 is 1.31 bits per heavy atom. The monoisotopic (exact) mass is 248 g/mol. The Bertz CT molecular complexity index is 410. The second kappa shape index (κ2) is 3.70. The quantitative estimate of drug-likeness (QED) is 0.690. The van der Waals surface area contributed by atoms with Crippen molar-refractivity contribution in [2.45, 2.75) is 38.8 Å². The Morgan fingerprint density at radius 3 is 2.25 bits per heavy atom. The molecule has 0 aliphatic carbocycles. The lowest BCUT2D eigenvalue weighted by atomic mass is 9.92. The lowest BCUT2D eigenvalue weighted by Gasteiger charge is -2.50. The fourth-order valence-electron chi connectivity index (χ4n) is 1.71. The normalized spacial score (nSPS) is 27.8. The molecular weight excluding hydrogens is 228 g/mol. The molecule has 5 nitrogen and oxygen atoms in total. The van der Waals surface area contributed by atoms with Crippen LogP contribution in [-0.4, -0.2) is 50.2 Å². The van der Waals surface area contributed by atoms with Crippen molar-refractivity contribution in [1.82, 2.24) is 4.90 Å². The van der Waals surface area contributed by atoms with E-state index in [0.29, 0.717) is 6.61 Å². The standard InChI is InChI=1S/C10H20N2O3S/c1-9(2)7-15-8(11-16(6,13)14)10(3,4)12(9)5/h7H2,1-6H3. The Labute approximate surface area is 97.5 Å². The van der Waals surface area contributed by atoms with Crippen molar-refractivity contribution in [1.29, 1.82) is 0 Å². The lowest BCUT2D eigenvalue weighted by Crippen LogP contribution is -2.64. The van der Waals surface area contributed by atoms with Crippen LogP contribution in [-0.2, 0) is 14.8 Å². The number of rotatable bonds is 1. The Hall–Kier alpha value is -0.620. The van der Waals surface area contributed by atoms with Gasteiger partial charge < -0.3 is 4.74 Å². The summed E-state index contributed by atoms with van der Waals surface area (Å²) in [4.78, 5) is 2.08. The number of nitrogens with zero attached hydrogens (tertiary/aromatic N) is 2. The van der Waals surface area contributed by atoms with Gasteiger partial charge in [-0.05, 0) is 34.7 Å². The van der Waals surface area contributed by atoms with Gasteiger partial charge in [-0.25, -0.2) is 8.42 Å². The van der Waals surface area contributed by atoms with E-state index in [1.807, 2.05) is 34.7 Å². The highest BCUT2D eigenvalue weighted by molar-refractivity contribution is 7.89. The predicted octanol–water partition coefficient (Wildman–Crippen LogP) is 0.864. The van der Waals surface area contributed by atoms with Gasteiger partial charge in [-0.2, -0.15) is 0 Å². The van der Waals surface area contributed by atoms with Crippen molar-refractivity contribution in [2.24, 2.45) is 4.40 Å². The van der Waals surface area contributed by atoms with Crippen LogP contribution in [0.25, 0.3) is 0 Å². The van der Waals surface area contributed by atoms with Crippen LogP contribution in [0.5, 0.6) is 0 Å². The van der Waals surface area contributed by atoms with E-state index < -0.39 is 15.6 Å². The van der Waals surface area contributed by atoms with Gasteiger partial charge in [-0.1, -0.05) is 0 Å². The van der Waals surface area contributed by atoms with Crippen LogP contribution in [0.3, 0.4) is 0 Å². The van der Waals surface area contributed by atoms with E-state index in [9.17, 15) is 8.42 Å². The predicted molar refractivity (Wildman–Crippen MR) is 64.2 cm³/mol. The van der Waals surface area contributed by atoms with Gasteiger partial charge in [0.1, 0.15) is 6.61 Å². The minimum absolute atomic E-state index is 0.139. The molecule has 1 heterocycles. The van der Waals surface area contributed by atoms with Crippen molar-refractivity contribution in [3.63, 3.8) is 0 Å². The molecule has 94 valence electrons. The zero-order valence-electron chi connectivity index (χ0n) is 10.7. The highest BCUT2D eigenvalue weighted by Crippen LogP contribution is 2.30. The molecule has 0 aromatic heterocycles. The van der Waals surface area contributed by atoms with Gasteiger partial charge in [-0.3, -0.25) is 4.90 Å². The molecule has 0 spiro atoms. The first kappa shape index (κ1) is 13.4. The molecule has 16 heavy (non-hydrogen) atoms. The Kier molecular flexibility index (Phi) is 3.11. The van der Waals surface area contributed by atoms with Gasteiger partial charge in [-0.15, -0.1) is 4.40 Å². The molecule has 1 aliphatic heterocycles. The van der Waals surface area contributed by atoms with E-state index in [2.05, 4.69) is 9.30 Å². The zero-order chi connectivity index (χ0) is 12.8. The maximum absolute atomic E-state index is 11.2. The molecule has 1 saturated heterocycles. The molecule has 0 atom stereocenters. The average molecular weight is 248 g/mol. The largest absolute Gasteiger partial charge is 0.477 e. The minimum atomic E-state index is -3.42. The van der Waals surface area contributed by atoms with Crippen molar-refractivity contribution in [3.8, 4) is 0 Å². The summed E-state index contributed by atoms with van der Waals surface area (Å²) >= 11 is 0. The van der Waals surface area contributed by atoms with E-state index in [0.717, 1.165) is 6.26 Å². The summed E-state index contributed by atoms with van der Waals surface area (Å²) in [6.07, 6.45) is 1.07. The Balaban J connectivity index is 3.16. The van der Waals surface area contributed by atoms with E-state index in [4.69, 9.17) is 4.74 Å². The molecular formula is C10H20N2O3S.